The molecule has 0 aromatic heterocycles. The summed E-state index contributed by atoms with van der Waals surface area (Å²) in [5.74, 6) is -1.61. The molecular formula is C9H16N2O6S. The molecule has 1 aliphatic heterocycles. The van der Waals surface area contributed by atoms with E-state index in [9.17, 15) is 23.1 Å². The lowest BCUT2D eigenvalue weighted by molar-refractivity contribution is -0.141. The molecule has 3 N–H and O–H groups in total. The highest BCUT2D eigenvalue weighted by atomic mass is 32.2. The van der Waals surface area contributed by atoms with Gasteiger partial charge in [0.2, 0.25) is 0 Å². The molecule has 0 aromatic rings. The number of aliphatic carboxylic acids is 1. The summed E-state index contributed by atoms with van der Waals surface area (Å²) in [6.07, 6.45) is -1.24. The summed E-state index contributed by atoms with van der Waals surface area (Å²) in [5, 5.41) is 20.1. The molecule has 0 spiro atoms. The molecule has 2 atom stereocenters. The Morgan fingerprint density at radius 1 is 1.28 bits per heavy atom. The van der Waals surface area contributed by atoms with Crippen molar-refractivity contribution in [2.75, 3.05) is 24.6 Å². The molecule has 0 saturated carbocycles. The molecule has 0 aliphatic carbocycles. The summed E-state index contributed by atoms with van der Waals surface area (Å²) >= 11 is 0. The van der Waals surface area contributed by atoms with Gasteiger partial charge in [-0.15, -0.1) is 0 Å². The van der Waals surface area contributed by atoms with Crippen molar-refractivity contribution in [3.05, 3.63) is 0 Å². The van der Waals surface area contributed by atoms with Crippen LogP contribution >= 0.6 is 0 Å². The fourth-order valence-electron chi connectivity index (χ4n) is 1.53. The van der Waals surface area contributed by atoms with Gasteiger partial charge in [-0.3, -0.25) is 0 Å². The highest BCUT2D eigenvalue weighted by molar-refractivity contribution is 7.91. The van der Waals surface area contributed by atoms with E-state index < -0.39 is 34.0 Å². The molecule has 1 saturated heterocycles. The molecule has 1 rings (SSSR count). The molecule has 2 amide bonds. The van der Waals surface area contributed by atoms with Crippen LogP contribution in [0.25, 0.3) is 0 Å². The first-order chi connectivity index (χ1) is 8.23. The van der Waals surface area contributed by atoms with Gasteiger partial charge >= 0.3 is 12.0 Å². The molecule has 1 heterocycles. The summed E-state index contributed by atoms with van der Waals surface area (Å²) in [6, 6.07) is -2.09. The second-order valence-electron chi connectivity index (χ2n) is 4.14. The zero-order valence-electron chi connectivity index (χ0n) is 9.87. The molecular weight excluding hydrogens is 264 g/mol. The van der Waals surface area contributed by atoms with Gasteiger partial charge < -0.3 is 20.4 Å². The van der Waals surface area contributed by atoms with Gasteiger partial charge in [-0.2, -0.15) is 0 Å². The van der Waals surface area contributed by atoms with E-state index in [4.69, 9.17) is 5.11 Å². The summed E-state index contributed by atoms with van der Waals surface area (Å²) in [7, 11) is -3.10. The number of sulfone groups is 1. The van der Waals surface area contributed by atoms with Gasteiger partial charge in [0.25, 0.3) is 0 Å². The van der Waals surface area contributed by atoms with E-state index in [2.05, 4.69) is 5.32 Å². The Morgan fingerprint density at radius 3 is 2.17 bits per heavy atom. The Hall–Kier alpha value is -1.35. The monoisotopic (exact) mass is 280 g/mol. The first kappa shape index (κ1) is 14.7. The second-order valence-corrected chi connectivity index (χ2v) is 6.45. The minimum Gasteiger partial charge on any atom is -0.480 e. The van der Waals surface area contributed by atoms with Crippen molar-refractivity contribution in [2.45, 2.75) is 19.1 Å². The quantitative estimate of drug-likeness (QED) is 0.564. The molecule has 18 heavy (non-hydrogen) atoms. The Kier molecular flexibility index (Phi) is 4.52. The third-order valence-corrected chi connectivity index (χ3v) is 4.27. The van der Waals surface area contributed by atoms with Crippen LogP contribution in [-0.4, -0.2) is 72.3 Å². The van der Waals surface area contributed by atoms with Crippen LogP contribution in [0.15, 0.2) is 0 Å². The maximum Gasteiger partial charge on any atom is 0.328 e. The first-order valence-corrected chi connectivity index (χ1v) is 7.22. The number of hydrogen-bond donors (Lipinski definition) is 3. The number of urea groups is 1. The number of carbonyl (C=O) groups excluding carboxylic acids is 1. The number of nitrogens with zero attached hydrogens (tertiary/aromatic N) is 1. The second kappa shape index (κ2) is 5.53. The van der Waals surface area contributed by atoms with Crippen molar-refractivity contribution in [3.8, 4) is 0 Å². The topological polar surface area (TPSA) is 124 Å². The van der Waals surface area contributed by atoms with Gasteiger partial charge in [-0.1, -0.05) is 0 Å². The van der Waals surface area contributed by atoms with Crippen molar-refractivity contribution in [2.24, 2.45) is 0 Å². The lowest BCUT2D eigenvalue weighted by Crippen LogP contribution is -2.55. The van der Waals surface area contributed by atoms with Gasteiger partial charge in [0.05, 0.1) is 17.6 Å². The molecule has 0 aromatic carbocycles. The molecule has 0 radical (unpaired) electrons. The normalized spacial score (nSPS) is 22.0. The van der Waals surface area contributed by atoms with Crippen LogP contribution in [0.5, 0.6) is 0 Å². The van der Waals surface area contributed by atoms with Crippen molar-refractivity contribution in [1.82, 2.24) is 10.2 Å². The summed E-state index contributed by atoms with van der Waals surface area (Å²) in [4.78, 5) is 23.7. The fourth-order valence-corrected chi connectivity index (χ4v) is 2.73. The smallest absolute Gasteiger partial charge is 0.328 e. The SMILES string of the molecule is CC(O)C(NC(=O)N1CCS(=O)(=O)CC1)C(=O)O. The molecule has 0 bridgehead atoms. The summed E-state index contributed by atoms with van der Waals surface area (Å²) < 4.78 is 22.3. The van der Waals surface area contributed by atoms with Crippen LogP contribution < -0.4 is 5.32 Å². The van der Waals surface area contributed by atoms with E-state index in [1.54, 1.807) is 0 Å². The number of carboxylic acids is 1. The van der Waals surface area contributed by atoms with Crippen molar-refractivity contribution >= 4 is 21.8 Å². The molecule has 2 unspecified atom stereocenters. The van der Waals surface area contributed by atoms with E-state index in [0.717, 1.165) is 0 Å². The van der Waals surface area contributed by atoms with Gasteiger partial charge in [0, 0.05) is 13.1 Å². The average Bonchev–Trinajstić information content (AvgIpc) is 2.24. The number of amides is 2. The van der Waals surface area contributed by atoms with E-state index in [-0.39, 0.29) is 24.6 Å². The number of aliphatic hydroxyl groups is 1. The number of carbonyl (C=O) groups is 2. The van der Waals surface area contributed by atoms with E-state index in [1.165, 1.54) is 11.8 Å². The number of aliphatic hydroxyl groups excluding tert-OH is 1. The standard InChI is InChI=1S/C9H16N2O6S/c1-6(12)7(8(13)14)10-9(15)11-2-4-18(16,17)5-3-11/h6-7,12H,2-5H2,1H3,(H,10,15)(H,13,14). The molecule has 1 aliphatic rings. The highest BCUT2D eigenvalue weighted by Gasteiger charge is 2.30. The molecule has 1 fully saturated rings. The number of nitrogens with one attached hydrogen (secondary N) is 1. The Balaban J connectivity index is 2.58. The van der Waals surface area contributed by atoms with Gasteiger partial charge in [0.15, 0.2) is 15.9 Å². The third kappa shape index (κ3) is 3.84. The molecule has 8 nitrogen and oxygen atoms in total. The Labute approximate surface area is 104 Å². The van der Waals surface area contributed by atoms with E-state index in [0.29, 0.717) is 0 Å². The largest absolute Gasteiger partial charge is 0.480 e. The molecule has 104 valence electrons. The maximum absolute atomic E-state index is 11.7. The Morgan fingerprint density at radius 2 is 1.78 bits per heavy atom. The van der Waals surface area contributed by atoms with Crippen molar-refractivity contribution in [1.29, 1.82) is 0 Å². The number of carboxylic acid groups (broad SMARTS) is 1. The lowest BCUT2D eigenvalue weighted by Gasteiger charge is -2.28. The summed E-state index contributed by atoms with van der Waals surface area (Å²) in [5.41, 5.74) is 0. The maximum atomic E-state index is 11.7. The van der Waals surface area contributed by atoms with Crippen LogP contribution in [0.3, 0.4) is 0 Å². The first-order valence-electron chi connectivity index (χ1n) is 5.39. The predicted octanol–water partition coefficient (Wildman–Crippen LogP) is -1.74. The van der Waals surface area contributed by atoms with Crippen LogP contribution in [0.1, 0.15) is 6.92 Å². The van der Waals surface area contributed by atoms with Gasteiger partial charge in [0.1, 0.15) is 0 Å². The van der Waals surface area contributed by atoms with Crippen LogP contribution in [0.4, 0.5) is 4.79 Å². The zero-order valence-corrected chi connectivity index (χ0v) is 10.7. The van der Waals surface area contributed by atoms with Gasteiger partial charge in [-0.25, -0.2) is 18.0 Å². The van der Waals surface area contributed by atoms with E-state index in [1.807, 2.05) is 0 Å². The van der Waals surface area contributed by atoms with E-state index >= 15 is 0 Å². The van der Waals surface area contributed by atoms with Crippen LogP contribution in [0, 0.1) is 0 Å². The highest BCUT2D eigenvalue weighted by Crippen LogP contribution is 2.05. The number of hydrogen-bond acceptors (Lipinski definition) is 5. The minimum absolute atomic E-state index is 0.0281. The van der Waals surface area contributed by atoms with Gasteiger partial charge in [-0.05, 0) is 6.92 Å². The fraction of sp³-hybridized carbons (Fsp3) is 0.778. The predicted molar refractivity (Wildman–Crippen MR) is 61.9 cm³/mol. The molecule has 9 heteroatoms. The zero-order chi connectivity index (χ0) is 13.9. The minimum atomic E-state index is -3.10. The van der Waals surface area contributed by atoms with Crippen molar-refractivity contribution < 1.29 is 28.2 Å². The average molecular weight is 280 g/mol. The number of rotatable bonds is 3. The lowest BCUT2D eigenvalue weighted by atomic mass is 10.2. The Bertz CT molecular complexity index is 418. The van der Waals surface area contributed by atoms with Crippen LogP contribution in [0.2, 0.25) is 0 Å². The van der Waals surface area contributed by atoms with Crippen LogP contribution in [-0.2, 0) is 14.6 Å². The van der Waals surface area contributed by atoms with Crippen molar-refractivity contribution in [3.63, 3.8) is 0 Å². The summed E-state index contributed by atoms with van der Waals surface area (Å²) in [6.45, 7) is 1.31. The third-order valence-electron chi connectivity index (χ3n) is 2.66.